The van der Waals surface area contributed by atoms with E-state index in [4.69, 9.17) is 11.6 Å². The van der Waals surface area contributed by atoms with Crippen LogP contribution in [0.25, 0.3) is 0 Å². The second kappa shape index (κ2) is 6.91. The summed E-state index contributed by atoms with van der Waals surface area (Å²) in [5.74, 6) is -0.761. The number of benzene rings is 1. The summed E-state index contributed by atoms with van der Waals surface area (Å²) in [6.07, 6.45) is 0.949. The predicted octanol–water partition coefficient (Wildman–Crippen LogP) is 3.18. The Bertz CT molecular complexity index is 761. The number of carbonyl (C=O) groups is 1. The molecular weight excluding hydrogens is 331 g/mol. The molecule has 0 bridgehead atoms. The van der Waals surface area contributed by atoms with Crippen LogP contribution in [0.5, 0.6) is 0 Å². The Morgan fingerprint density at radius 2 is 2.21 bits per heavy atom. The third-order valence-electron chi connectivity index (χ3n) is 4.21. The molecule has 2 aromatic rings. The van der Waals surface area contributed by atoms with Crippen molar-refractivity contribution in [2.75, 3.05) is 25.0 Å². The quantitative estimate of drug-likeness (QED) is 0.921. The van der Waals surface area contributed by atoms with Crippen molar-refractivity contribution < 1.29 is 9.18 Å². The van der Waals surface area contributed by atoms with Crippen LogP contribution in [-0.4, -0.2) is 40.2 Å². The van der Waals surface area contributed by atoms with Crippen LogP contribution in [-0.2, 0) is 4.79 Å². The smallest absolute Gasteiger partial charge is 0.238 e. The topological polar surface area (TPSA) is 50.2 Å². The van der Waals surface area contributed by atoms with E-state index in [-0.39, 0.29) is 24.2 Å². The van der Waals surface area contributed by atoms with Crippen LogP contribution in [0, 0.1) is 19.7 Å². The first-order valence-electron chi connectivity index (χ1n) is 7.92. The molecule has 0 saturated carbocycles. The van der Waals surface area contributed by atoms with Crippen LogP contribution in [0.2, 0.25) is 5.02 Å². The summed E-state index contributed by atoms with van der Waals surface area (Å²) in [7, 11) is 0. The molecule has 1 atom stereocenters. The third kappa shape index (κ3) is 3.76. The van der Waals surface area contributed by atoms with E-state index in [1.165, 1.54) is 12.1 Å². The van der Waals surface area contributed by atoms with Gasteiger partial charge in [0.2, 0.25) is 5.91 Å². The van der Waals surface area contributed by atoms with Gasteiger partial charge >= 0.3 is 0 Å². The molecule has 0 radical (unpaired) electrons. The highest BCUT2D eigenvalue weighted by Crippen LogP contribution is 2.23. The number of nitrogens with one attached hydrogen (secondary N) is 1. The second-order valence-corrected chi connectivity index (χ2v) is 6.66. The van der Waals surface area contributed by atoms with E-state index in [1.54, 1.807) is 6.07 Å². The van der Waals surface area contributed by atoms with Crippen LogP contribution < -0.4 is 5.32 Å². The predicted molar refractivity (Wildman–Crippen MR) is 91.8 cm³/mol. The fourth-order valence-electron chi connectivity index (χ4n) is 3.15. The molecule has 1 aliphatic heterocycles. The summed E-state index contributed by atoms with van der Waals surface area (Å²) in [4.78, 5) is 14.2. The fourth-order valence-corrected chi connectivity index (χ4v) is 3.31. The molecule has 7 heteroatoms. The van der Waals surface area contributed by atoms with Crippen molar-refractivity contribution >= 4 is 23.2 Å². The van der Waals surface area contributed by atoms with Gasteiger partial charge in [0.1, 0.15) is 5.82 Å². The Labute approximate surface area is 145 Å². The number of aryl methyl sites for hydroxylation is 2. The van der Waals surface area contributed by atoms with Crippen LogP contribution in [0.4, 0.5) is 10.1 Å². The molecule has 0 spiro atoms. The van der Waals surface area contributed by atoms with E-state index < -0.39 is 5.82 Å². The first-order valence-corrected chi connectivity index (χ1v) is 8.30. The number of anilines is 1. The van der Waals surface area contributed by atoms with Gasteiger partial charge in [0, 0.05) is 23.8 Å². The summed E-state index contributed by atoms with van der Waals surface area (Å²) < 4.78 is 15.8. The summed E-state index contributed by atoms with van der Waals surface area (Å²) in [6.45, 7) is 5.83. The van der Waals surface area contributed by atoms with Crippen LogP contribution in [0.3, 0.4) is 0 Å². The van der Waals surface area contributed by atoms with E-state index in [2.05, 4.69) is 21.4 Å². The van der Waals surface area contributed by atoms with Crippen LogP contribution in [0.15, 0.2) is 24.3 Å². The first-order chi connectivity index (χ1) is 11.4. The molecule has 1 fully saturated rings. The van der Waals surface area contributed by atoms with Crippen LogP contribution in [0.1, 0.15) is 23.9 Å². The number of nitrogens with zero attached hydrogens (tertiary/aromatic N) is 3. The minimum atomic E-state index is -0.530. The molecule has 128 valence electrons. The third-order valence-corrected chi connectivity index (χ3v) is 4.45. The van der Waals surface area contributed by atoms with Gasteiger partial charge in [-0.1, -0.05) is 11.6 Å². The average molecular weight is 351 g/mol. The number of likely N-dealkylation sites (tertiary alicyclic amines) is 1. The Morgan fingerprint density at radius 3 is 2.88 bits per heavy atom. The van der Waals surface area contributed by atoms with Gasteiger partial charge in [0.15, 0.2) is 0 Å². The lowest BCUT2D eigenvalue weighted by Crippen LogP contribution is -2.32. The van der Waals surface area contributed by atoms with E-state index in [0.29, 0.717) is 5.02 Å². The van der Waals surface area contributed by atoms with E-state index in [9.17, 15) is 9.18 Å². The molecule has 2 heterocycles. The largest absolute Gasteiger partial charge is 0.322 e. The van der Waals surface area contributed by atoms with Gasteiger partial charge in [-0.15, -0.1) is 0 Å². The number of rotatable bonds is 4. The van der Waals surface area contributed by atoms with Gasteiger partial charge in [0.25, 0.3) is 0 Å². The number of carbonyl (C=O) groups excluding carboxylic acids is 1. The molecule has 1 N–H and O–H groups in total. The standard InChI is InChI=1S/C17H20ClFN4O/c1-11-7-12(2)23(21-11)14-5-6-22(9-14)10-17(24)20-16-4-3-13(18)8-15(16)19/h3-4,7-8,14H,5-6,9-10H2,1-2H3,(H,20,24)/t14-/m1/s1. The summed E-state index contributed by atoms with van der Waals surface area (Å²) in [5, 5.41) is 7.42. The minimum Gasteiger partial charge on any atom is -0.322 e. The molecule has 1 saturated heterocycles. The van der Waals surface area contributed by atoms with Crippen molar-refractivity contribution in [1.29, 1.82) is 0 Å². The monoisotopic (exact) mass is 350 g/mol. The van der Waals surface area contributed by atoms with Gasteiger partial charge in [-0.25, -0.2) is 4.39 Å². The maximum Gasteiger partial charge on any atom is 0.238 e. The minimum absolute atomic E-state index is 0.152. The zero-order valence-electron chi connectivity index (χ0n) is 13.7. The summed E-state index contributed by atoms with van der Waals surface area (Å²) in [6, 6.07) is 6.54. The number of aromatic nitrogens is 2. The Morgan fingerprint density at radius 1 is 1.42 bits per heavy atom. The molecule has 0 unspecified atom stereocenters. The van der Waals surface area contributed by atoms with Gasteiger partial charge < -0.3 is 5.32 Å². The van der Waals surface area contributed by atoms with Gasteiger partial charge in [-0.05, 0) is 44.5 Å². The lowest BCUT2D eigenvalue weighted by molar-refractivity contribution is -0.117. The second-order valence-electron chi connectivity index (χ2n) is 6.22. The Hall–Kier alpha value is -1.92. The van der Waals surface area contributed by atoms with Gasteiger partial charge in [-0.3, -0.25) is 14.4 Å². The van der Waals surface area contributed by atoms with E-state index >= 15 is 0 Å². The van der Waals surface area contributed by atoms with Crippen molar-refractivity contribution in [3.05, 3.63) is 46.5 Å². The summed E-state index contributed by atoms with van der Waals surface area (Å²) >= 11 is 5.71. The molecule has 1 aromatic heterocycles. The highest BCUT2D eigenvalue weighted by atomic mass is 35.5. The normalized spacial score (nSPS) is 18.1. The average Bonchev–Trinajstić information content (AvgIpc) is 3.08. The van der Waals surface area contributed by atoms with Gasteiger partial charge in [0.05, 0.1) is 24.0 Å². The molecular formula is C17H20ClFN4O. The highest BCUT2D eigenvalue weighted by molar-refractivity contribution is 6.30. The zero-order chi connectivity index (χ0) is 17.3. The first kappa shape index (κ1) is 16.9. The molecule has 1 aromatic carbocycles. The molecule has 5 nitrogen and oxygen atoms in total. The number of halogens is 2. The maximum atomic E-state index is 13.7. The Balaban J connectivity index is 1.57. The molecule has 1 aliphatic rings. The summed E-state index contributed by atoms with van der Waals surface area (Å²) in [5.41, 5.74) is 2.28. The number of hydrogen-bond acceptors (Lipinski definition) is 3. The number of amides is 1. The van der Waals surface area contributed by atoms with Crippen molar-refractivity contribution in [2.24, 2.45) is 0 Å². The fraction of sp³-hybridized carbons (Fsp3) is 0.412. The van der Waals surface area contributed by atoms with Gasteiger partial charge in [-0.2, -0.15) is 5.10 Å². The highest BCUT2D eigenvalue weighted by Gasteiger charge is 2.27. The van der Waals surface area contributed by atoms with E-state index in [0.717, 1.165) is 30.9 Å². The van der Waals surface area contributed by atoms with Crippen molar-refractivity contribution in [3.63, 3.8) is 0 Å². The maximum absolute atomic E-state index is 13.7. The van der Waals surface area contributed by atoms with Crippen molar-refractivity contribution in [3.8, 4) is 0 Å². The Kier molecular flexibility index (Phi) is 4.87. The van der Waals surface area contributed by atoms with Crippen LogP contribution >= 0.6 is 11.6 Å². The number of hydrogen-bond donors (Lipinski definition) is 1. The van der Waals surface area contributed by atoms with E-state index in [1.807, 2.05) is 18.5 Å². The SMILES string of the molecule is Cc1cc(C)n([C@@H]2CCN(CC(=O)Nc3ccc(Cl)cc3F)C2)n1. The van der Waals surface area contributed by atoms with Crippen molar-refractivity contribution in [2.45, 2.75) is 26.3 Å². The zero-order valence-corrected chi connectivity index (χ0v) is 14.5. The molecule has 3 rings (SSSR count). The lowest BCUT2D eigenvalue weighted by Gasteiger charge is -2.17. The molecule has 1 amide bonds. The molecule has 24 heavy (non-hydrogen) atoms. The molecule has 0 aliphatic carbocycles. The van der Waals surface area contributed by atoms with Crippen molar-refractivity contribution in [1.82, 2.24) is 14.7 Å². The lowest BCUT2D eigenvalue weighted by atomic mass is 10.2.